The van der Waals surface area contributed by atoms with Crippen LogP contribution in [0, 0.1) is 0 Å². The number of carboxylic acid groups (broad SMARTS) is 1. The van der Waals surface area contributed by atoms with E-state index in [1.54, 1.807) is 42.5 Å². The monoisotopic (exact) mass is 553 g/mol. The number of ether oxygens (including phenoxy) is 1. The van der Waals surface area contributed by atoms with Gasteiger partial charge in [0.1, 0.15) is 18.1 Å². The number of rotatable bonds is 8. The highest BCUT2D eigenvalue weighted by molar-refractivity contribution is 7.16. The number of carbonyl (C=O) groups is 2. The number of aliphatic carboxylic acids is 1. The third-order valence-electron chi connectivity index (χ3n) is 6.05. The lowest BCUT2D eigenvalue weighted by Gasteiger charge is -2.30. The summed E-state index contributed by atoms with van der Waals surface area (Å²) in [6, 6.07) is 15.7. The van der Waals surface area contributed by atoms with E-state index in [9.17, 15) is 19.5 Å². The first-order valence-electron chi connectivity index (χ1n) is 11.9. The number of morpholine rings is 1. The van der Waals surface area contributed by atoms with Gasteiger partial charge in [-0.2, -0.15) is 9.78 Å². The van der Waals surface area contributed by atoms with Gasteiger partial charge in [0.05, 0.1) is 35.3 Å². The minimum absolute atomic E-state index is 0.220. The van der Waals surface area contributed by atoms with Gasteiger partial charge in [-0.1, -0.05) is 29.8 Å². The van der Waals surface area contributed by atoms with Gasteiger partial charge in [-0.25, -0.2) is 0 Å². The molecule has 12 heteroatoms. The molecule has 1 saturated heterocycles. The van der Waals surface area contributed by atoms with E-state index in [0.717, 1.165) is 9.44 Å². The Morgan fingerprint density at radius 3 is 2.55 bits per heavy atom. The molecule has 1 aliphatic heterocycles. The smallest absolute Gasteiger partial charge is 0.323 e. The van der Waals surface area contributed by atoms with E-state index in [2.05, 4.69) is 10.4 Å². The number of hydrogen-bond donors (Lipinski definition) is 2. The Balaban J connectivity index is 1.62. The standard InChI is InChI=1S/C26H24ClN5O5S/c27-21-7-6-18(38-21)15-28-22-14-19(29-32(22)25(35)17-4-2-1-3-5-17)24-20(30-10-12-37-13-11-30)8-9-31(26(24)36)16-23(33)34/h1-9,14,28H,10-13,15-16H2,(H,33,34). The van der Waals surface area contributed by atoms with Gasteiger partial charge >= 0.3 is 5.97 Å². The van der Waals surface area contributed by atoms with Gasteiger partial charge in [-0.3, -0.25) is 14.4 Å². The minimum atomic E-state index is -1.14. The summed E-state index contributed by atoms with van der Waals surface area (Å²) in [6.07, 6.45) is 1.47. The van der Waals surface area contributed by atoms with Crippen molar-refractivity contribution in [3.63, 3.8) is 0 Å². The van der Waals surface area contributed by atoms with Crippen LogP contribution < -0.4 is 15.8 Å². The Hall–Kier alpha value is -3.93. The number of halogens is 1. The van der Waals surface area contributed by atoms with Crippen molar-refractivity contribution in [2.45, 2.75) is 13.1 Å². The number of anilines is 2. The molecular weight excluding hydrogens is 530 g/mol. The third-order valence-corrected chi connectivity index (χ3v) is 7.28. The van der Waals surface area contributed by atoms with E-state index < -0.39 is 18.1 Å². The van der Waals surface area contributed by atoms with Crippen molar-refractivity contribution in [1.29, 1.82) is 0 Å². The second kappa shape index (κ2) is 11.2. The van der Waals surface area contributed by atoms with Crippen LogP contribution in [0.5, 0.6) is 0 Å². The molecule has 1 aliphatic rings. The molecule has 0 unspecified atom stereocenters. The van der Waals surface area contributed by atoms with Crippen LogP contribution in [0.4, 0.5) is 11.5 Å². The number of benzene rings is 1. The lowest BCUT2D eigenvalue weighted by molar-refractivity contribution is -0.137. The fourth-order valence-corrected chi connectivity index (χ4v) is 5.28. The molecular formula is C26H24ClN5O5S. The van der Waals surface area contributed by atoms with Crippen LogP contribution in [0.25, 0.3) is 11.3 Å². The molecule has 2 N–H and O–H groups in total. The zero-order valence-electron chi connectivity index (χ0n) is 20.2. The predicted octanol–water partition coefficient (Wildman–Crippen LogP) is 3.65. The molecule has 10 nitrogen and oxygen atoms in total. The van der Waals surface area contributed by atoms with Crippen LogP contribution >= 0.6 is 22.9 Å². The summed E-state index contributed by atoms with van der Waals surface area (Å²) in [4.78, 5) is 41.4. The van der Waals surface area contributed by atoms with Crippen LogP contribution in [-0.2, 0) is 22.6 Å². The summed E-state index contributed by atoms with van der Waals surface area (Å²) >= 11 is 7.49. The first kappa shape index (κ1) is 25.7. The average Bonchev–Trinajstić information content (AvgIpc) is 3.54. The fraction of sp³-hybridized carbons (Fsp3) is 0.231. The summed E-state index contributed by atoms with van der Waals surface area (Å²) in [5, 5.41) is 17.1. The highest BCUT2D eigenvalue weighted by atomic mass is 35.5. The Bertz CT molecular complexity index is 1520. The molecule has 0 saturated carbocycles. The van der Waals surface area contributed by atoms with E-state index >= 15 is 0 Å². The average molecular weight is 554 g/mol. The van der Waals surface area contributed by atoms with Crippen molar-refractivity contribution in [3.8, 4) is 11.3 Å². The van der Waals surface area contributed by atoms with E-state index in [-0.39, 0.29) is 17.2 Å². The number of carboxylic acids is 1. The molecule has 1 fully saturated rings. The third kappa shape index (κ3) is 5.49. The molecule has 0 amide bonds. The lowest BCUT2D eigenvalue weighted by Crippen LogP contribution is -2.38. The molecule has 4 heterocycles. The molecule has 0 spiro atoms. The maximum absolute atomic E-state index is 13.6. The zero-order valence-corrected chi connectivity index (χ0v) is 21.7. The maximum Gasteiger partial charge on any atom is 0.323 e. The van der Waals surface area contributed by atoms with E-state index in [0.29, 0.717) is 54.3 Å². The number of nitrogens with zero attached hydrogens (tertiary/aromatic N) is 4. The topological polar surface area (TPSA) is 119 Å². The van der Waals surface area contributed by atoms with Gasteiger partial charge in [0.15, 0.2) is 0 Å². The number of pyridine rings is 1. The number of hydrogen-bond acceptors (Lipinski definition) is 8. The van der Waals surface area contributed by atoms with Gasteiger partial charge in [0.2, 0.25) is 0 Å². The molecule has 3 aromatic heterocycles. The first-order chi connectivity index (χ1) is 18.4. The molecule has 1 aromatic carbocycles. The van der Waals surface area contributed by atoms with Gasteiger partial charge < -0.3 is 24.6 Å². The number of carbonyl (C=O) groups excluding carboxylic acids is 1. The Morgan fingerprint density at radius 2 is 1.87 bits per heavy atom. The summed E-state index contributed by atoms with van der Waals surface area (Å²) < 4.78 is 8.47. The number of thiophene rings is 1. The van der Waals surface area contributed by atoms with Crippen LogP contribution in [0.1, 0.15) is 15.2 Å². The van der Waals surface area contributed by atoms with Gasteiger partial charge in [0.25, 0.3) is 11.5 Å². The van der Waals surface area contributed by atoms with E-state index in [1.807, 2.05) is 17.0 Å². The van der Waals surface area contributed by atoms with Crippen LogP contribution in [-0.4, -0.2) is 57.6 Å². The van der Waals surface area contributed by atoms with E-state index in [4.69, 9.17) is 16.3 Å². The number of aromatic nitrogens is 3. The van der Waals surface area contributed by atoms with Crippen LogP contribution in [0.3, 0.4) is 0 Å². The normalized spacial score (nSPS) is 13.4. The van der Waals surface area contributed by atoms with Crippen molar-refractivity contribution in [3.05, 3.63) is 85.9 Å². The molecule has 4 aromatic rings. The summed E-state index contributed by atoms with van der Waals surface area (Å²) in [5.41, 5.74) is 0.997. The van der Waals surface area contributed by atoms with E-state index in [1.165, 1.54) is 22.2 Å². The molecule has 0 bridgehead atoms. The van der Waals surface area contributed by atoms with Crippen molar-refractivity contribution >= 4 is 46.3 Å². The predicted molar refractivity (Wildman–Crippen MR) is 145 cm³/mol. The van der Waals surface area contributed by atoms with Crippen molar-refractivity contribution in [1.82, 2.24) is 14.3 Å². The molecule has 38 heavy (non-hydrogen) atoms. The molecule has 196 valence electrons. The largest absolute Gasteiger partial charge is 0.480 e. The maximum atomic E-state index is 13.6. The van der Waals surface area contributed by atoms with Gasteiger partial charge in [-0.15, -0.1) is 11.3 Å². The molecule has 5 rings (SSSR count). The zero-order chi connectivity index (χ0) is 26.6. The highest BCUT2D eigenvalue weighted by Gasteiger charge is 2.25. The quantitative estimate of drug-likeness (QED) is 0.339. The summed E-state index contributed by atoms with van der Waals surface area (Å²) in [6.45, 7) is 2.00. The fourth-order valence-electron chi connectivity index (χ4n) is 4.26. The SMILES string of the molecule is O=C(O)Cn1ccc(N2CCOCC2)c(-c2cc(NCc3ccc(Cl)s3)n(C(=O)c3ccccc3)n2)c1=O. The number of nitrogens with one attached hydrogen (secondary N) is 1. The van der Waals surface area contributed by atoms with Crippen molar-refractivity contribution in [2.24, 2.45) is 0 Å². The van der Waals surface area contributed by atoms with Crippen LogP contribution in [0.2, 0.25) is 4.34 Å². The minimum Gasteiger partial charge on any atom is -0.480 e. The molecule has 0 aliphatic carbocycles. The summed E-state index contributed by atoms with van der Waals surface area (Å²) in [7, 11) is 0. The molecule has 0 radical (unpaired) electrons. The van der Waals surface area contributed by atoms with Crippen LogP contribution in [0.15, 0.2) is 65.6 Å². The van der Waals surface area contributed by atoms with Gasteiger partial charge in [-0.05, 0) is 30.3 Å². The highest BCUT2D eigenvalue weighted by Crippen LogP contribution is 2.30. The Labute approximate surface area is 226 Å². The molecule has 0 atom stereocenters. The van der Waals surface area contributed by atoms with Gasteiger partial charge in [0, 0.05) is 35.8 Å². The lowest BCUT2D eigenvalue weighted by atomic mass is 10.1. The second-order valence-corrected chi connectivity index (χ2v) is 10.4. The van der Waals surface area contributed by atoms with Crippen molar-refractivity contribution in [2.75, 3.05) is 36.5 Å². The Kier molecular flexibility index (Phi) is 7.59. The van der Waals surface area contributed by atoms with Crippen molar-refractivity contribution < 1.29 is 19.4 Å². The Morgan fingerprint density at radius 1 is 1.11 bits per heavy atom. The first-order valence-corrected chi connectivity index (χ1v) is 13.1. The summed E-state index contributed by atoms with van der Waals surface area (Å²) in [5.74, 6) is -1.13. The second-order valence-electron chi connectivity index (χ2n) is 8.56.